The molecule has 0 saturated carbocycles. The average Bonchev–Trinajstić information content (AvgIpc) is 2.68. The summed E-state index contributed by atoms with van der Waals surface area (Å²) in [6.07, 6.45) is 5.01. The highest BCUT2D eigenvalue weighted by Gasteiger charge is 2.17. The highest BCUT2D eigenvalue weighted by Crippen LogP contribution is 2.20. The fourth-order valence-electron chi connectivity index (χ4n) is 2.71. The van der Waals surface area contributed by atoms with E-state index in [9.17, 15) is 8.78 Å². The third-order valence-corrected chi connectivity index (χ3v) is 3.88. The largest absolute Gasteiger partial charge is 0.330 e. The van der Waals surface area contributed by atoms with Crippen molar-refractivity contribution in [1.29, 1.82) is 0 Å². The molecule has 1 unspecified atom stereocenters. The van der Waals surface area contributed by atoms with Crippen molar-refractivity contribution in [3.8, 4) is 0 Å². The number of likely N-dealkylation sites (tertiary alicyclic amines) is 1. The van der Waals surface area contributed by atoms with Crippen LogP contribution in [-0.2, 0) is 0 Å². The van der Waals surface area contributed by atoms with Gasteiger partial charge in [-0.25, -0.2) is 8.78 Å². The van der Waals surface area contributed by atoms with E-state index in [1.54, 1.807) is 6.07 Å². The summed E-state index contributed by atoms with van der Waals surface area (Å²) in [7, 11) is 0. The number of rotatable bonds is 4. The third kappa shape index (κ3) is 3.98. The zero-order valence-electron chi connectivity index (χ0n) is 11.2. The molecule has 2 N–H and O–H groups in total. The van der Waals surface area contributed by atoms with E-state index in [1.807, 2.05) is 0 Å². The molecule has 1 saturated heterocycles. The van der Waals surface area contributed by atoms with Gasteiger partial charge in [-0.2, -0.15) is 0 Å². The van der Waals surface area contributed by atoms with E-state index < -0.39 is 11.6 Å². The molecule has 106 valence electrons. The Morgan fingerprint density at radius 3 is 2.32 bits per heavy atom. The minimum absolute atomic E-state index is 0.0770. The maximum Gasteiger partial charge on any atom is 0.159 e. The van der Waals surface area contributed by atoms with Crippen molar-refractivity contribution in [1.82, 2.24) is 4.90 Å². The Morgan fingerprint density at radius 2 is 1.74 bits per heavy atom. The van der Waals surface area contributed by atoms with Gasteiger partial charge in [0.15, 0.2) is 11.6 Å². The Morgan fingerprint density at radius 1 is 1.05 bits per heavy atom. The molecule has 1 aromatic carbocycles. The van der Waals surface area contributed by atoms with Crippen LogP contribution in [0.5, 0.6) is 0 Å². The van der Waals surface area contributed by atoms with Crippen molar-refractivity contribution >= 4 is 0 Å². The van der Waals surface area contributed by atoms with Gasteiger partial charge in [0.1, 0.15) is 0 Å². The Labute approximate surface area is 113 Å². The molecule has 1 heterocycles. The predicted molar refractivity (Wildman–Crippen MR) is 73.1 cm³/mol. The summed E-state index contributed by atoms with van der Waals surface area (Å²) in [6.45, 7) is 3.46. The molecule has 0 spiro atoms. The van der Waals surface area contributed by atoms with Gasteiger partial charge in [-0.15, -0.1) is 0 Å². The molecule has 1 fully saturated rings. The minimum Gasteiger partial charge on any atom is -0.330 e. The van der Waals surface area contributed by atoms with E-state index in [1.165, 1.54) is 37.8 Å². The molecule has 1 atom stereocenters. The van der Waals surface area contributed by atoms with Gasteiger partial charge in [0.25, 0.3) is 0 Å². The van der Waals surface area contributed by atoms with Gasteiger partial charge in [0, 0.05) is 19.0 Å². The number of benzene rings is 1. The molecule has 2 rings (SSSR count). The molecule has 0 radical (unpaired) electrons. The Balaban J connectivity index is 2.03. The first-order chi connectivity index (χ1) is 9.20. The maximum absolute atomic E-state index is 13.3. The lowest BCUT2D eigenvalue weighted by Gasteiger charge is -2.25. The first kappa shape index (κ1) is 14.4. The third-order valence-electron chi connectivity index (χ3n) is 3.88. The van der Waals surface area contributed by atoms with Crippen LogP contribution in [0.4, 0.5) is 8.78 Å². The lowest BCUT2D eigenvalue weighted by Crippen LogP contribution is -2.32. The highest BCUT2D eigenvalue weighted by molar-refractivity contribution is 5.22. The second-order valence-electron chi connectivity index (χ2n) is 5.32. The zero-order chi connectivity index (χ0) is 13.7. The van der Waals surface area contributed by atoms with Crippen molar-refractivity contribution in [3.05, 3.63) is 35.4 Å². The lowest BCUT2D eigenvalue weighted by atomic mass is 9.98. The van der Waals surface area contributed by atoms with Gasteiger partial charge in [-0.1, -0.05) is 18.9 Å². The lowest BCUT2D eigenvalue weighted by molar-refractivity contribution is 0.267. The Hall–Kier alpha value is -1.00. The van der Waals surface area contributed by atoms with E-state index in [-0.39, 0.29) is 5.92 Å². The smallest absolute Gasteiger partial charge is 0.159 e. The van der Waals surface area contributed by atoms with E-state index in [4.69, 9.17) is 5.73 Å². The summed E-state index contributed by atoms with van der Waals surface area (Å²) in [5.41, 5.74) is 6.60. The highest BCUT2D eigenvalue weighted by atomic mass is 19.2. The van der Waals surface area contributed by atoms with Gasteiger partial charge < -0.3 is 10.6 Å². The fraction of sp³-hybridized carbons (Fsp3) is 0.600. The van der Waals surface area contributed by atoms with Crippen molar-refractivity contribution in [3.63, 3.8) is 0 Å². The molecular weight excluding hydrogens is 246 g/mol. The van der Waals surface area contributed by atoms with Gasteiger partial charge in [0.2, 0.25) is 0 Å². The molecule has 1 aliphatic heterocycles. The van der Waals surface area contributed by atoms with E-state index in [0.29, 0.717) is 6.54 Å². The van der Waals surface area contributed by atoms with Crippen molar-refractivity contribution in [2.45, 2.75) is 31.6 Å². The van der Waals surface area contributed by atoms with E-state index >= 15 is 0 Å². The van der Waals surface area contributed by atoms with Crippen LogP contribution in [-0.4, -0.2) is 31.1 Å². The zero-order valence-corrected chi connectivity index (χ0v) is 11.2. The number of nitrogens with zero attached hydrogens (tertiary/aromatic N) is 1. The molecule has 2 nitrogen and oxygen atoms in total. The fourth-order valence-corrected chi connectivity index (χ4v) is 2.71. The quantitative estimate of drug-likeness (QED) is 0.909. The molecule has 0 aromatic heterocycles. The molecular formula is C15H22F2N2. The van der Waals surface area contributed by atoms with Crippen LogP contribution in [0.25, 0.3) is 0 Å². The minimum atomic E-state index is -0.797. The number of halogens is 2. The summed E-state index contributed by atoms with van der Waals surface area (Å²) in [5, 5.41) is 0. The molecule has 0 bridgehead atoms. The number of nitrogens with two attached hydrogens (primary N) is 1. The molecule has 4 heteroatoms. The van der Waals surface area contributed by atoms with Crippen LogP contribution >= 0.6 is 0 Å². The predicted octanol–water partition coefficient (Wildman–Crippen LogP) is 2.88. The monoisotopic (exact) mass is 268 g/mol. The van der Waals surface area contributed by atoms with Crippen LogP contribution < -0.4 is 5.73 Å². The summed E-state index contributed by atoms with van der Waals surface area (Å²) >= 11 is 0. The summed E-state index contributed by atoms with van der Waals surface area (Å²) in [5.74, 6) is -1.51. The molecule has 0 aliphatic carbocycles. The standard InChI is InChI=1S/C15H22F2N2/c16-14-6-5-12(9-15(14)17)13(10-18)11-19-7-3-1-2-4-8-19/h5-6,9,13H,1-4,7-8,10-11,18H2. The molecule has 0 amide bonds. The number of hydrogen-bond acceptors (Lipinski definition) is 2. The van der Waals surface area contributed by atoms with Crippen LogP contribution in [0.2, 0.25) is 0 Å². The second kappa shape index (κ2) is 6.96. The SMILES string of the molecule is NCC(CN1CCCCCC1)c1ccc(F)c(F)c1. The van der Waals surface area contributed by atoms with Gasteiger partial charge in [0.05, 0.1) is 0 Å². The normalized spacial score (nSPS) is 19.1. The second-order valence-corrected chi connectivity index (χ2v) is 5.32. The first-order valence-electron chi connectivity index (χ1n) is 7.08. The van der Waals surface area contributed by atoms with Crippen molar-refractivity contribution in [2.24, 2.45) is 5.73 Å². The number of hydrogen-bond donors (Lipinski definition) is 1. The molecule has 1 aromatic rings. The first-order valence-corrected chi connectivity index (χ1v) is 7.08. The summed E-state index contributed by atoms with van der Waals surface area (Å²) in [4.78, 5) is 2.39. The Bertz CT molecular complexity index is 401. The van der Waals surface area contributed by atoms with Crippen molar-refractivity contribution in [2.75, 3.05) is 26.2 Å². The topological polar surface area (TPSA) is 29.3 Å². The summed E-state index contributed by atoms with van der Waals surface area (Å²) < 4.78 is 26.3. The van der Waals surface area contributed by atoms with Crippen molar-refractivity contribution < 1.29 is 8.78 Å². The maximum atomic E-state index is 13.3. The van der Waals surface area contributed by atoms with Gasteiger partial charge in [-0.05, 0) is 43.6 Å². The van der Waals surface area contributed by atoms with E-state index in [0.717, 1.165) is 25.2 Å². The van der Waals surface area contributed by atoms with E-state index in [2.05, 4.69) is 4.90 Å². The average molecular weight is 268 g/mol. The van der Waals surface area contributed by atoms with Crippen LogP contribution in [0.1, 0.15) is 37.2 Å². The Kier molecular flexibility index (Phi) is 5.28. The van der Waals surface area contributed by atoms with Gasteiger partial charge >= 0.3 is 0 Å². The molecule has 19 heavy (non-hydrogen) atoms. The van der Waals surface area contributed by atoms with Crippen LogP contribution in [0.3, 0.4) is 0 Å². The van der Waals surface area contributed by atoms with Crippen LogP contribution in [0, 0.1) is 11.6 Å². The molecule has 1 aliphatic rings. The van der Waals surface area contributed by atoms with Gasteiger partial charge in [-0.3, -0.25) is 0 Å². The summed E-state index contributed by atoms with van der Waals surface area (Å²) in [6, 6.07) is 4.12. The van der Waals surface area contributed by atoms with Crippen LogP contribution in [0.15, 0.2) is 18.2 Å².